The summed E-state index contributed by atoms with van der Waals surface area (Å²) < 4.78 is 15.3. The van der Waals surface area contributed by atoms with Gasteiger partial charge in [0, 0.05) is 0 Å². The maximum absolute atomic E-state index is 10.5. The molecule has 0 unspecified atom stereocenters. The topological polar surface area (TPSA) is 66.8 Å². The molecule has 0 atom stereocenters. The fourth-order valence-corrected chi connectivity index (χ4v) is 1.41. The van der Waals surface area contributed by atoms with Gasteiger partial charge >= 0.3 is 7.60 Å². The zero-order valence-corrected chi connectivity index (χ0v) is 11.0. The molecular weight excluding hydrogens is 227 g/mol. The van der Waals surface area contributed by atoms with E-state index in [1.54, 1.807) is 0 Å². The monoisotopic (exact) mass is 248 g/mol. The smallest absolute Gasteiger partial charge is 0.350 e. The fourth-order valence-electron chi connectivity index (χ4n) is 1.06. The van der Waals surface area contributed by atoms with E-state index in [1.165, 1.54) is 11.1 Å². The standard InChI is InChI=1S/C11H21O4P/c1-10(2)5-4-6-11(3)7-8-15-9-16(12,13)14/h5,7H,4,6,8-9H2,1-3H3,(H2,12,13,14)/b11-7+. The second-order valence-corrected chi connectivity index (χ2v) is 5.62. The molecule has 0 radical (unpaired) electrons. The molecule has 0 aliphatic heterocycles. The van der Waals surface area contributed by atoms with E-state index in [0.29, 0.717) is 0 Å². The molecule has 0 aliphatic rings. The summed E-state index contributed by atoms with van der Waals surface area (Å²) in [7, 11) is -4.02. The molecule has 0 heterocycles. The summed E-state index contributed by atoms with van der Waals surface area (Å²) in [5, 5.41) is 0. The minimum atomic E-state index is -4.02. The van der Waals surface area contributed by atoms with Crippen LogP contribution in [0.15, 0.2) is 23.3 Å². The first-order valence-electron chi connectivity index (χ1n) is 5.22. The van der Waals surface area contributed by atoms with Gasteiger partial charge in [0.15, 0.2) is 0 Å². The van der Waals surface area contributed by atoms with Crippen LogP contribution in [-0.4, -0.2) is 22.7 Å². The SMILES string of the molecule is CC(C)=CCC/C(C)=C/COCP(=O)(O)O. The number of rotatable bonds is 7. The highest BCUT2D eigenvalue weighted by molar-refractivity contribution is 7.51. The second kappa shape index (κ2) is 7.80. The third-order valence-electron chi connectivity index (χ3n) is 1.90. The summed E-state index contributed by atoms with van der Waals surface area (Å²) in [5.74, 6) is 0. The maximum atomic E-state index is 10.5. The van der Waals surface area contributed by atoms with Gasteiger partial charge in [0.2, 0.25) is 0 Å². The number of hydrogen-bond donors (Lipinski definition) is 2. The summed E-state index contributed by atoms with van der Waals surface area (Å²) in [5.41, 5.74) is 2.47. The van der Waals surface area contributed by atoms with Gasteiger partial charge in [0.05, 0.1) is 6.61 Å². The van der Waals surface area contributed by atoms with E-state index >= 15 is 0 Å². The third kappa shape index (κ3) is 11.7. The van der Waals surface area contributed by atoms with Crippen LogP contribution in [0.2, 0.25) is 0 Å². The molecule has 0 bridgehead atoms. The largest absolute Gasteiger partial charge is 0.365 e. The van der Waals surface area contributed by atoms with E-state index < -0.39 is 13.9 Å². The molecular formula is C11H21O4P. The molecule has 0 aromatic heterocycles. The van der Waals surface area contributed by atoms with Gasteiger partial charge in [-0.3, -0.25) is 4.57 Å². The molecule has 0 spiro atoms. The lowest BCUT2D eigenvalue weighted by Gasteiger charge is -2.04. The summed E-state index contributed by atoms with van der Waals surface area (Å²) in [4.78, 5) is 17.1. The maximum Gasteiger partial charge on any atom is 0.350 e. The van der Waals surface area contributed by atoms with Gasteiger partial charge in [0.25, 0.3) is 0 Å². The lowest BCUT2D eigenvalue weighted by molar-refractivity contribution is 0.184. The Kier molecular flexibility index (Phi) is 7.60. The zero-order chi connectivity index (χ0) is 12.6. The van der Waals surface area contributed by atoms with Crippen molar-refractivity contribution in [3.8, 4) is 0 Å². The molecule has 16 heavy (non-hydrogen) atoms. The quantitative estimate of drug-likeness (QED) is 0.413. The van der Waals surface area contributed by atoms with E-state index in [1.807, 2.05) is 13.0 Å². The van der Waals surface area contributed by atoms with E-state index in [0.717, 1.165) is 12.8 Å². The van der Waals surface area contributed by atoms with E-state index in [9.17, 15) is 4.57 Å². The van der Waals surface area contributed by atoms with Gasteiger partial charge in [0.1, 0.15) is 6.35 Å². The first-order chi connectivity index (χ1) is 7.31. The Morgan fingerprint density at radius 1 is 1.25 bits per heavy atom. The molecule has 0 rings (SSSR count). The highest BCUT2D eigenvalue weighted by Gasteiger charge is 2.11. The predicted octanol–water partition coefficient (Wildman–Crippen LogP) is 2.83. The van der Waals surface area contributed by atoms with Crippen molar-refractivity contribution in [1.82, 2.24) is 0 Å². The molecule has 94 valence electrons. The average molecular weight is 248 g/mol. The highest BCUT2D eigenvalue weighted by atomic mass is 31.2. The van der Waals surface area contributed by atoms with Crippen molar-refractivity contribution in [3.63, 3.8) is 0 Å². The van der Waals surface area contributed by atoms with Gasteiger partial charge < -0.3 is 14.5 Å². The van der Waals surface area contributed by atoms with Crippen LogP contribution in [0.5, 0.6) is 0 Å². The van der Waals surface area contributed by atoms with Crippen LogP contribution in [0.3, 0.4) is 0 Å². The number of ether oxygens (including phenoxy) is 1. The van der Waals surface area contributed by atoms with Crippen molar-refractivity contribution in [1.29, 1.82) is 0 Å². The molecule has 2 N–H and O–H groups in total. The lowest BCUT2D eigenvalue weighted by Crippen LogP contribution is -1.95. The van der Waals surface area contributed by atoms with Gasteiger partial charge in [-0.25, -0.2) is 0 Å². The molecule has 0 aliphatic carbocycles. The van der Waals surface area contributed by atoms with Gasteiger partial charge in [-0.05, 0) is 33.6 Å². The van der Waals surface area contributed by atoms with Crippen LogP contribution < -0.4 is 0 Å². The normalized spacial score (nSPS) is 12.7. The molecule has 0 fully saturated rings. The van der Waals surface area contributed by atoms with Gasteiger partial charge in [-0.2, -0.15) is 0 Å². The summed E-state index contributed by atoms with van der Waals surface area (Å²) in [6.45, 7) is 6.36. The minimum Gasteiger partial charge on any atom is -0.365 e. The van der Waals surface area contributed by atoms with Crippen LogP contribution in [0.4, 0.5) is 0 Å². The van der Waals surface area contributed by atoms with Crippen LogP contribution in [0, 0.1) is 0 Å². The molecule has 0 aromatic rings. The summed E-state index contributed by atoms with van der Waals surface area (Å²) >= 11 is 0. The Morgan fingerprint density at radius 2 is 1.88 bits per heavy atom. The van der Waals surface area contributed by atoms with E-state index in [-0.39, 0.29) is 6.61 Å². The van der Waals surface area contributed by atoms with Crippen molar-refractivity contribution < 1.29 is 19.1 Å². The Labute approximate surface area is 97.2 Å². The van der Waals surface area contributed by atoms with Crippen LogP contribution in [0.25, 0.3) is 0 Å². The van der Waals surface area contributed by atoms with Crippen molar-refractivity contribution in [3.05, 3.63) is 23.3 Å². The molecule has 5 heteroatoms. The number of hydrogen-bond acceptors (Lipinski definition) is 2. The molecule has 0 saturated carbocycles. The van der Waals surface area contributed by atoms with Crippen molar-refractivity contribution in [2.45, 2.75) is 33.6 Å². The molecule has 0 saturated heterocycles. The summed E-state index contributed by atoms with van der Waals surface area (Å²) in [6, 6.07) is 0. The number of allylic oxidation sites excluding steroid dienone is 3. The zero-order valence-electron chi connectivity index (χ0n) is 10.1. The first kappa shape index (κ1) is 15.6. The Morgan fingerprint density at radius 3 is 2.38 bits per heavy atom. The van der Waals surface area contributed by atoms with Crippen molar-refractivity contribution >= 4 is 7.60 Å². The van der Waals surface area contributed by atoms with E-state index in [2.05, 4.69) is 19.9 Å². The third-order valence-corrected chi connectivity index (χ3v) is 2.42. The Balaban J connectivity index is 3.71. The summed E-state index contributed by atoms with van der Waals surface area (Å²) in [6.07, 6.45) is 5.45. The Bertz CT molecular complexity index is 297. The molecule has 4 nitrogen and oxygen atoms in total. The van der Waals surface area contributed by atoms with E-state index in [4.69, 9.17) is 14.5 Å². The predicted molar refractivity (Wildman–Crippen MR) is 65.3 cm³/mol. The van der Waals surface area contributed by atoms with Crippen molar-refractivity contribution in [2.75, 3.05) is 13.0 Å². The van der Waals surface area contributed by atoms with Gasteiger partial charge in [-0.15, -0.1) is 0 Å². The first-order valence-corrected chi connectivity index (χ1v) is 7.02. The van der Waals surface area contributed by atoms with Crippen LogP contribution in [-0.2, 0) is 9.30 Å². The van der Waals surface area contributed by atoms with Crippen LogP contribution >= 0.6 is 7.60 Å². The van der Waals surface area contributed by atoms with Crippen LogP contribution in [0.1, 0.15) is 33.6 Å². The highest BCUT2D eigenvalue weighted by Crippen LogP contribution is 2.33. The second-order valence-electron chi connectivity index (χ2n) is 4.04. The molecule has 0 amide bonds. The molecule has 0 aromatic carbocycles. The van der Waals surface area contributed by atoms with Crippen molar-refractivity contribution in [2.24, 2.45) is 0 Å². The fraction of sp³-hybridized carbons (Fsp3) is 0.636. The average Bonchev–Trinajstić information content (AvgIpc) is 2.10. The minimum absolute atomic E-state index is 0.256. The Hall–Kier alpha value is -0.410. The van der Waals surface area contributed by atoms with Gasteiger partial charge in [-0.1, -0.05) is 23.3 Å². The lowest BCUT2D eigenvalue weighted by atomic mass is 10.1.